The van der Waals surface area contributed by atoms with Crippen molar-refractivity contribution in [2.75, 3.05) is 22.6 Å². The second kappa shape index (κ2) is 10.6. The largest absolute Gasteiger partial charge is 0.496 e. The maximum absolute atomic E-state index is 13.0. The fourth-order valence-corrected chi connectivity index (χ4v) is 5.57. The van der Waals surface area contributed by atoms with E-state index in [0.29, 0.717) is 36.4 Å². The molecule has 0 unspecified atom stereocenters. The zero-order valence-electron chi connectivity index (χ0n) is 23.1. The number of fused-ring (bicyclic) bond motifs is 1. The molecule has 0 aromatic heterocycles. The minimum atomic E-state index is -1.02. The molecule has 38 heavy (non-hydrogen) atoms. The Morgan fingerprint density at radius 1 is 1.11 bits per heavy atom. The van der Waals surface area contributed by atoms with Crippen molar-refractivity contribution in [3.63, 3.8) is 0 Å². The quantitative estimate of drug-likeness (QED) is 0.437. The fraction of sp³-hybridized carbons (Fsp3) is 0.483. The molecule has 0 saturated heterocycles. The minimum absolute atomic E-state index is 0.00733. The molecule has 1 heterocycles. The van der Waals surface area contributed by atoms with Gasteiger partial charge in [-0.3, -0.25) is 9.69 Å². The van der Waals surface area contributed by atoms with Crippen LogP contribution in [-0.4, -0.2) is 46.7 Å². The van der Waals surface area contributed by atoms with E-state index >= 15 is 0 Å². The van der Waals surface area contributed by atoms with Gasteiger partial charge >= 0.3 is 12.1 Å². The van der Waals surface area contributed by atoms with Gasteiger partial charge in [0, 0.05) is 40.5 Å². The van der Waals surface area contributed by atoms with E-state index in [0.717, 1.165) is 35.3 Å². The molecular formula is C29H38N4O5. The Balaban J connectivity index is 1.45. The second-order valence-corrected chi connectivity index (χ2v) is 11.3. The van der Waals surface area contributed by atoms with Crippen LogP contribution < -0.4 is 20.3 Å². The third-order valence-electron chi connectivity index (χ3n) is 7.69. The first kappa shape index (κ1) is 27.3. The van der Waals surface area contributed by atoms with Crippen molar-refractivity contribution in [1.29, 1.82) is 0 Å². The van der Waals surface area contributed by atoms with E-state index in [1.165, 1.54) is 4.90 Å². The van der Waals surface area contributed by atoms with Gasteiger partial charge in [-0.2, -0.15) is 0 Å². The summed E-state index contributed by atoms with van der Waals surface area (Å²) in [6, 6.07) is 9.02. The standard InChI is InChI=1S/C29H38N4O5/c1-17-7-10-20(15-25(17)38-6)30-26(34)19-8-11-21(12-9-19)32-16-22-18(2)24(14-13-23(22)31-27(32)35)33(28(36)37)29(3,4)5/h7,10,13-15,19,21H,8-9,11-12,16H2,1-6H3,(H,30,34)(H,31,35)(H,36,37). The molecule has 0 radical (unpaired) electrons. The van der Waals surface area contributed by atoms with Crippen molar-refractivity contribution < 1.29 is 24.2 Å². The van der Waals surface area contributed by atoms with Crippen LogP contribution in [0.5, 0.6) is 5.75 Å². The predicted octanol–water partition coefficient (Wildman–Crippen LogP) is 6.14. The predicted molar refractivity (Wildman–Crippen MR) is 148 cm³/mol. The molecule has 0 bridgehead atoms. The maximum atomic E-state index is 13.0. The molecule has 2 aromatic rings. The molecule has 3 N–H and O–H groups in total. The van der Waals surface area contributed by atoms with Crippen LogP contribution in [0.2, 0.25) is 0 Å². The number of nitrogens with zero attached hydrogens (tertiary/aromatic N) is 2. The SMILES string of the molecule is COc1cc(NC(=O)C2CCC(N3Cc4c(ccc(N(C(=O)O)C(C)(C)C)c4C)NC3=O)CC2)ccc1C. The zero-order valence-corrected chi connectivity index (χ0v) is 23.1. The summed E-state index contributed by atoms with van der Waals surface area (Å²) in [5.41, 5.74) is 4.19. The average Bonchev–Trinajstić information content (AvgIpc) is 2.85. The average molecular weight is 523 g/mol. The number of carbonyl (C=O) groups excluding carboxylic acids is 2. The maximum Gasteiger partial charge on any atom is 0.412 e. The highest BCUT2D eigenvalue weighted by Crippen LogP contribution is 2.38. The topological polar surface area (TPSA) is 111 Å². The van der Waals surface area contributed by atoms with Gasteiger partial charge in [0.1, 0.15) is 5.75 Å². The molecule has 1 aliphatic carbocycles. The van der Waals surface area contributed by atoms with E-state index in [-0.39, 0.29) is 23.9 Å². The summed E-state index contributed by atoms with van der Waals surface area (Å²) < 4.78 is 5.36. The highest BCUT2D eigenvalue weighted by molar-refractivity contribution is 5.96. The fourth-order valence-electron chi connectivity index (χ4n) is 5.57. The van der Waals surface area contributed by atoms with Crippen LogP contribution in [0, 0.1) is 19.8 Å². The van der Waals surface area contributed by atoms with E-state index in [1.54, 1.807) is 19.2 Å². The van der Waals surface area contributed by atoms with E-state index in [9.17, 15) is 19.5 Å². The third kappa shape index (κ3) is 5.42. The van der Waals surface area contributed by atoms with Crippen LogP contribution in [0.4, 0.5) is 26.7 Å². The van der Waals surface area contributed by atoms with Crippen LogP contribution in [-0.2, 0) is 11.3 Å². The number of urea groups is 1. The number of nitrogens with one attached hydrogen (secondary N) is 2. The molecule has 1 saturated carbocycles. The highest BCUT2D eigenvalue weighted by Gasteiger charge is 2.36. The van der Waals surface area contributed by atoms with Gasteiger partial charge in [0.15, 0.2) is 0 Å². The van der Waals surface area contributed by atoms with Gasteiger partial charge in [0.2, 0.25) is 5.91 Å². The van der Waals surface area contributed by atoms with E-state index in [4.69, 9.17) is 4.74 Å². The molecule has 204 valence electrons. The van der Waals surface area contributed by atoms with Gasteiger partial charge in [0.25, 0.3) is 0 Å². The first-order valence-electron chi connectivity index (χ1n) is 13.1. The summed E-state index contributed by atoms with van der Waals surface area (Å²) in [5.74, 6) is 0.595. The minimum Gasteiger partial charge on any atom is -0.496 e. The van der Waals surface area contributed by atoms with E-state index in [2.05, 4.69) is 10.6 Å². The van der Waals surface area contributed by atoms with Crippen molar-refractivity contribution in [3.05, 3.63) is 47.0 Å². The number of amides is 4. The normalized spacial score (nSPS) is 19.3. The number of rotatable bonds is 5. The number of hydrogen-bond donors (Lipinski definition) is 3. The Kier molecular flexibility index (Phi) is 7.58. The number of carboxylic acid groups (broad SMARTS) is 1. The first-order chi connectivity index (χ1) is 17.9. The van der Waals surface area contributed by atoms with Gasteiger partial charge in [-0.05, 0) is 89.6 Å². The third-order valence-corrected chi connectivity index (χ3v) is 7.69. The van der Waals surface area contributed by atoms with Crippen LogP contribution in [0.25, 0.3) is 0 Å². The molecule has 9 nitrogen and oxygen atoms in total. The van der Waals surface area contributed by atoms with Crippen LogP contribution in [0.1, 0.15) is 63.1 Å². The molecule has 2 aromatic carbocycles. The van der Waals surface area contributed by atoms with Crippen LogP contribution in [0.15, 0.2) is 30.3 Å². The monoisotopic (exact) mass is 522 g/mol. The highest BCUT2D eigenvalue weighted by atomic mass is 16.5. The number of anilines is 3. The van der Waals surface area contributed by atoms with Gasteiger partial charge in [0.05, 0.1) is 19.3 Å². The molecule has 4 amide bonds. The number of carbonyl (C=O) groups is 3. The Bertz CT molecular complexity index is 1240. The molecule has 1 aliphatic heterocycles. The molecule has 9 heteroatoms. The number of aryl methyl sites for hydroxylation is 1. The van der Waals surface area contributed by atoms with Gasteiger partial charge in [-0.25, -0.2) is 9.59 Å². The number of ether oxygens (including phenoxy) is 1. The lowest BCUT2D eigenvalue weighted by molar-refractivity contribution is -0.121. The van der Waals surface area contributed by atoms with Crippen LogP contribution in [0.3, 0.4) is 0 Å². The molecule has 0 atom stereocenters. The summed E-state index contributed by atoms with van der Waals surface area (Å²) >= 11 is 0. The molecule has 4 rings (SSSR count). The van der Waals surface area contributed by atoms with Gasteiger partial charge in [-0.1, -0.05) is 6.07 Å². The Morgan fingerprint density at radius 2 is 1.79 bits per heavy atom. The molecular weight excluding hydrogens is 484 g/mol. The lowest BCUT2D eigenvalue weighted by atomic mass is 9.84. The van der Waals surface area contributed by atoms with Crippen LogP contribution >= 0.6 is 0 Å². The molecule has 0 spiro atoms. The summed E-state index contributed by atoms with van der Waals surface area (Å²) in [6.45, 7) is 9.85. The summed E-state index contributed by atoms with van der Waals surface area (Å²) in [5, 5.41) is 15.9. The van der Waals surface area contributed by atoms with Crippen molar-refractivity contribution in [3.8, 4) is 5.75 Å². The molecule has 1 fully saturated rings. The van der Waals surface area contributed by atoms with Gasteiger partial charge < -0.3 is 25.4 Å². The van der Waals surface area contributed by atoms with Gasteiger partial charge in [-0.15, -0.1) is 0 Å². The zero-order chi connectivity index (χ0) is 27.8. The van der Waals surface area contributed by atoms with E-state index < -0.39 is 11.6 Å². The summed E-state index contributed by atoms with van der Waals surface area (Å²) in [4.78, 5) is 41.3. The van der Waals surface area contributed by atoms with Crippen molar-refractivity contribution in [2.45, 2.75) is 78.4 Å². The van der Waals surface area contributed by atoms with Crippen molar-refractivity contribution in [2.24, 2.45) is 5.92 Å². The second-order valence-electron chi connectivity index (χ2n) is 11.3. The smallest absolute Gasteiger partial charge is 0.412 e. The lowest BCUT2D eigenvalue weighted by Crippen LogP contribution is -2.48. The van der Waals surface area contributed by atoms with Crippen molar-refractivity contribution in [1.82, 2.24) is 4.90 Å². The number of hydrogen-bond acceptors (Lipinski definition) is 4. The Morgan fingerprint density at radius 3 is 2.39 bits per heavy atom. The first-order valence-corrected chi connectivity index (χ1v) is 13.1. The van der Waals surface area contributed by atoms with Crippen molar-refractivity contribution >= 4 is 35.1 Å². The summed E-state index contributed by atoms with van der Waals surface area (Å²) in [6.07, 6.45) is 1.80. The Labute approximate surface area is 224 Å². The number of benzene rings is 2. The summed E-state index contributed by atoms with van der Waals surface area (Å²) in [7, 11) is 1.61. The Hall–Kier alpha value is -3.75. The lowest BCUT2D eigenvalue weighted by Gasteiger charge is -2.41. The van der Waals surface area contributed by atoms with E-state index in [1.807, 2.05) is 57.7 Å². The molecule has 2 aliphatic rings. The number of methoxy groups -OCH3 is 1.